The van der Waals surface area contributed by atoms with Gasteiger partial charge in [-0.2, -0.15) is 0 Å². The van der Waals surface area contributed by atoms with Gasteiger partial charge in [0.15, 0.2) is 0 Å². The van der Waals surface area contributed by atoms with E-state index >= 15 is 0 Å². The molecule has 16 heavy (non-hydrogen) atoms. The van der Waals surface area contributed by atoms with E-state index in [0.717, 1.165) is 12.6 Å². The number of amides is 1. The van der Waals surface area contributed by atoms with Gasteiger partial charge in [0.2, 0.25) is 0 Å². The number of hydrogen-bond donors (Lipinski definition) is 0. The van der Waals surface area contributed by atoms with Gasteiger partial charge in [-0.1, -0.05) is 0 Å². The number of alkyl halides is 1. The fourth-order valence-corrected chi connectivity index (χ4v) is 2.06. The second-order valence-electron chi connectivity index (χ2n) is 3.92. The average Bonchev–Trinajstić information content (AvgIpc) is 2.77. The molecule has 1 unspecified atom stereocenters. The molecule has 1 atom stereocenters. The molecule has 1 fully saturated rings. The lowest BCUT2D eigenvalue weighted by Gasteiger charge is -2.15. The maximum atomic E-state index is 12.6. The number of rotatable bonds is 2. The molecule has 1 saturated heterocycles. The van der Waals surface area contributed by atoms with Crippen LogP contribution >= 0.6 is 11.6 Å². The third-order valence-corrected chi connectivity index (χ3v) is 3.17. The minimum atomic E-state index is -0.434. The molecule has 1 aromatic rings. The second-order valence-corrected chi connectivity index (χ2v) is 4.23. The molecule has 2 rings (SSSR count). The Morgan fingerprint density at radius 3 is 3.00 bits per heavy atom. The van der Waals surface area contributed by atoms with E-state index in [2.05, 4.69) is 4.98 Å². The second kappa shape index (κ2) is 4.78. The quantitative estimate of drug-likeness (QED) is 0.743. The molecule has 1 aromatic heterocycles. The molecule has 0 spiro atoms. The van der Waals surface area contributed by atoms with Gasteiger partial charge in [-0.15, -0.1) is 11.6 Å². The summed E-state index contributed by atoms with van der Waals surface area (Å²) in [5, 5.41) is 0. The van der Waals surface area contributed by atoms with Crippen LogP contribution in [0.25, 0.3) is 0 Å². The Balaban J connectivity index is 2.05. The molecule has 86 valence electrons. The fourth-order valence-electron chi connectivity index (χ4n) is 1.81. The molecule has 0 saturated carbocycles. The van der Waals surface area contributed by atoms with Crippen LogP contribution in [0.4, 0.5) is 4.39 Å². The number of carbonyl (C=O) groups excluding carboxylic acids is 1. The van der Waals surface area contributed by atoms with Crippen LogP contribution in [0.1, 0.15) is 16.9 Å². The third-order valence-electron chi connectivity index (χ3n) is 2.74. The number of aromatic nitrogens is 1. The first-order valence-electron chi connectivity index (χ1n) is 5.17. The topological polar surface area (TPSA) is 33.2 Å². The van der Waals surface area contributed by atoms with Crippen molar-refractivity contribution in [3.8, 4) is 0 Å². The average molecular weight is 243 g/mol. The van der Waals surface area contributed by atoms with Crippen LogP contribution in [0.2, 0.25) is 0 Å². The summed E-state index contributed by atoms with van der Waals surface area (Å²) >= 11 is 5.74. The summed E-state index contributed by atoms with van der Waals surface area (Å²) in [6, 6.07) is 2.65. The zero-order valence-corrected chi connectivity index (χ0v) is 9.45. The predicted octanol–water partition coefficient (Wildman–Crippen LogP) is 1.92. The van der Waals surface area contributed by atoms with Gasteiger partial charge in [0.25, 0.3) is 5.91 Å². The molecule has 0 aromatic carbocycles. The zero-order valence-electron chi connectivity index (χ0n) is 8.70. The van der Waals surface area contributed by atoms with Crippen LogP contribution < -0.4 is 0 Å². The lowest BCUT2D eigenvalue weighted by Crippen LogP contribution is -2.29. The molecule has 1 aliphatic heterocycles. The van der Waals surface area contributed by atoms with Crippen molar-refractivity contribution in [3.63, 3.8) is 0 Å². The smallest absolute Gasteiger partial charge is 0.272 e. The van der Waals surface area contributed by atoms with Gasteiger partial charge in [0, 0.05) is 19.0 Å². The van der Waals surface area contributed by atoms with E-state index in [-0.39, 0.29) is 11.6 Å². The molecule has 3 nitrogen and oxygen atoms in total. The normalized spacial score (nSPS) is 20.1. The SMILES string of the molecule is O=C(c1ccc(F)cn1)N1CCC(CCl)C1. The zero-order chi connectivity index (χ0) is 11.5. The molecule has 2 heterocycles. The summed E-state index contributed by atoms with van der Waals surface area (Å²) in [4.78, 5) is 17.4. The highest BCUT2D eigenvalue weighted by atomic mass is 35.5. The lowest BCUT2D eigenvalue weighted by molar-refractivity contribution is 0.0782. The molecule has 0 radical (unpaired) electrons. The van der Waals surface area contributed by atoms with Crippen molar-refractivity contribution in [1.29, 1.82) is 0 Å². The number of hydrogen-bond acceptors (Lipinski definition) is 2. The Labute approximate surface area is 98.2 Å². The molecule has 0 bridgehead atoms. The van der Waals surface area contributed by atoms with E-state index in [0.29, 0.717) is 24.9 Å². The van der Waals surface area contributed by atoms with Crippen LogP contribution in [0, 0.1) is 11.7 Å². The minimum Gasteiger partial charge on any atom is -0.337 e. The molecule has 0 aliphatic carbocycles. The molecule has 1 amide bonds. The van der Waals surface area contributed by atoms with Crippen LogP contribution in [0.5, 0.6) is 0 Å². The van der Waals surface area contributed by atoms with Crippen LogP contribution in [-0.2, 0) is 0 Å². The van der Waals surface area contributed by atoms with Crippen molar-refractivity contribution in [1.82, 2.24) is 9.88 Å². The minimum absolute atomic E-state index is 0.146. The largest absolute Gasteiger partial charge is 0.337 e. The third kappa shape index (κ3) is 2.32. The Morgan fingerprint density at radius 2 is 2.44 bits per heavy atom. The van der Waals surface area contributed by atoms with Gasteiger partial charge >= 0.3 is 0 Å². The fraction of sp³-hybridized carbons (Fsp3) is 0.455. The Bertz CT molecular complexity index is 382. The van der Waals surface area contributed by atoms with E-state index in [9.17, 15) is 9.18 Å². The van der Waals surface area contributed by atoms with Gasteiger partial charge in [0.05, 0.1) is 6.20 Å². The van der Waals surface area contributed by atoms with Crippen LogP contribution in [-0.4, -0.2) is 34.8 Å². The lowest BCUT2D eigenvalue weighted by atomic mass is 10.2. The van der Waals surface area contributed by atoms with Crippen molar-refractivity contribution >= 4 is 17.5 Å². The highest BCUT2D eigenvalue weighted by Crippen LogP contribution is 2.19. The van der Waals surface area contributed by atoms with Crippen LogP contribution in [0.3, 0.4) is 0 Å². The first-order valence-corrected chi connectivity index (χ1v) is 5.71. The van der Waals surface area contributed by atoms with Gasteiger partial charge in [-0.05, 0) is 24.5 Å². The first kappa shape index (κ1) is 11.3. The molecular weight excluding hydrogens is 231 g/mol. The van der Waals surface area contributed by atoms with Crippen LogP contribution in [0.15, 0.2) is 18.3 Å². The van der Waals surface area contributed by atoms with Crippen molar-refractivity contribution < 1.29 is 9.18 Å². The van der Waals surface area contributed by atoms with E-state index in [1.807, 2.05) is 0 Å². The number of carbonyl (C=O) groups is 1. The summed E-state index contributed by atoms with van der Waals surface area (Å²) in [5.74, 6) is 0.357. The Hall–Kier alpha value is -1.16. The monoisotopic (exact) mass is 242 g/mol. The molecular formula is C11H12ClFN2O. The summed E-state index contributed by atoms with van der Waals surface area (Å²) in [7, 11) is 0. The van der Waals surface area contributed by atoms with Crippen molar-refractivity contribution in [2.75, 3.05) is 19.0 Å². The van der Waals surface area contributed by atoms with Gasteiger partial charge in [-0.3, -0.25) is 4.79 Å². The van der Waals surface area contributed by atoms with E-state index in [1.165, 1.54) is 12.1 Å². The molecule has 5 heteroatoms. The summed E-state index contributed by atoms with van der Waals surface area (Å²) in [6.07, 6.45) is 1.98. The van der Waals surface area contributed by atoms with E-state index in [1.54, 1.807) is 4.90 Å². The maximum Gasteiger partial charge on any atom is 0.272 e. The predicted molar refractivity (Wildman–Crippen MR) is 58.9 cm³/mol. The van der Waals surface area contributed by atoms with Gasteiger partial charge in [-0.25, -0.2) is 9.37 Å². The van der Waals surface area contributed by atoms with Gasteiger partial charge in [0.1, 0.15) is 11.5 Å². The Morgan fingerprint density at radius 1 is 1.62 bits per heavy atom. The van der Waals surface area contributed by atoms with Crippen molar-refractivity contribution in [2.24, 2.45) is 5.92 Å². The highest BCUT2D eigenvalue weighted by Gasteiger charge is 2.26. The standard InChI is InChI=1S/C11H12ClFN2O/c12-5-8-3-4-15(7-8)11(16)10-2-1-9(13)6-14-10/h1-2,6,8H,3-5,7H2. The molecule has 0 N–H and O–H groups in total. The van der Waals surface area contributed by atoms with Gasteiger partial charge < -0.3 is 4.90 Å². The summed E-state index contributed by atoms with van der Waals surface area (Å²) < 4.78 is 12.6. The van der Waals surface area contributed by atoms with E-state index in [4.69, 9.17) is 11.6 Å². The number of likely N-dealkylation sites (tertiary alicyclic amines) is 1. The van der Waals surface area contributed by atoms with Crippen molar-refractivity contribution in [3.05, 3.63) is 29.8 Å². The summed E-state index contributed by atoms with van der Waals surface area (Å²) in [5.41, 5.74) is 0.289. The maximum absolute atomic E-state index is 12.6. The Kier molecular flexibility index (Phi) is 3.39. The number of pyridine rings is 1. The summed E-state index contributed by atoms with van der Waals surface area (Å²) in [6.45, 7) is 1.37. The first-order chi connectivity index (χ1) is 7.70. The number of halogens is 2. The molecule has 1 aliphatic rings. The number of nitrogens with zero attached hydrogens (tertiary/aromatic N) is 2. The van der Waals surface area contributed by atoms with E-state index < -0.39 is 5.82 Å². The highest BCUT2D eigenvalue weighted by molar-refractivity contribution is 6.18. The van der Waals surface area contributed by atoms with Crippen molar-refractivity contribution in [2.45, 2.75) is 6.42 Å².